The van der Waals surface area contributed by atoms with Gasteiger partial charge in [0.15, 0.2) is 0 Å². The fourth-order valence-corrected chi connectivity index (χ4v) is 4.85. The number of allylic oxidation sites excluding steroid dienone is 2. The van der Waals surface area contributed by atoms with E-state index < -0.39 is 0 Å². The van der Waals surface area contributed by atoms with E-state index in [1.165, 1.54) is 4.90 Å². The monoisotopic (exact) mass is 388 g/mol. The number of nitrogens with zero attached hydrogens (tertiary/aromatic N) is 1. The molecule has 1 aliphatic heterocycles. The van der Waals surface area contributed by atoms with E-state index >= 15 is 0 Å². The summed E-state index contributed by atoms with van der Waals surface area (Å²) < 4.78 is 5.17. The number of benzene rings is 2. The molecule has 6 heteroatoms. The first-order chi connectivity index (χ1) is 14.1. The minimum Gasteiger partial charge on any atom is -0.497 e. The number of hydrogen-bond acceptors (Lipinski definition) is 4. The second-order valence-electron chi connectivity index (χ2n) is 7.75. The van der Waals surface area contributed by atoms with Gasteiger partial charge in [0.05, 0.1) is 24.6 Å². The van der Waals surface area contributed by atoms with Crippen LogP contribution >= 0.6 is 0 Å². The van der Waals surface area contributed by atoms with E-state index in [9.17, 15) is 14.4 Å². The molecule has 146 valence electrons. The Hall–Kier alpha value is -3.41. The summed E-state index contributed by atoms with van der Waals surface area (Å²) in [6.07, 6.45) is 5.03. The summed E-state index contributed by atoms with van der Waals surface area (Å²) >= 11 is 0. The quantitative estimate of drug-likeness (QED) is 0.644. The van der Waals surface area contributed by atoms with Gasteiger partial charge in [0.25, 0.3) is 5.91 Å². The minimum atomic E-state index is -0.318. The molecule has 0 unspecified atom stereocenters. The van der Waals surface area contributed by atoms with Crippen molar-refractivity contribution in [2.75, 3.05) is 17.3 Å². The Kier molecular flexibility index (Phi) is 4.01. The van der Waals surface area contributed by atoms with Crippen LogP contribution in [0, 0.1) is 23.7 Å². The fraction of sp³-hybridized carbons (Fsp3) is 0.261. The molecule has 2 aromatic rings. The first kappa shape index (κ1) is 17.7. The normalized spacial score (nSPS) is 26.7. The van der Waals surface area contributed by atoms with Crippen molar-refractivity contribution in [3.8, 4) is 5.75 Å². The fourth-order valence-electron chi connectivity index (χ4n) is 4.85. The van der Waals surface area contributed by atoms with E-state index in [0.29, 0.717) is 22.7 Å². The van der Waals surface area contributed by atoms with Gasteiger partial charge in [-0.2, -0.15) is 0 Å². The Morgan fingerprint density at radius 3 is 2.38 bits per heavy atom. The molecule has 2 fully saturated rings. The van der Waals surface area contributed by atoms with Crippen LogP contribution in [0.25, 0.3) is 0 Å². The van der Waals surface area contributed by atoms with Crippen molar-refractivity contribution in [2.24, 2.45) is 23.7 Å². The second kappa shape index (κ2) is 6.58. The zero-order chi connectivity index (χ0) is 20.1. The zero-order valence-electron chi connectivity index (χ0n) is 15.9. The van der Waals surface area contributed by atoms with Crippen LogP contribution in [0.1, 0.15) is 16.8 Å². The van der Waals surface area contributed by atoms with Crippen molar-refractivity contribution < 1.29 is 19.1 Å². The molecule has 2 aliphatic carbocycles. The summed E-state index contributed by atoms with van der Waals surface area (Å²) in [6, 6.07) is 13.7. The third-order valence-corrected chi connectivity index (χ3v) is 6.16. The highest BCUT2D eigenvalue weighted by Crippen LogP contribution is 2.53. The Labute approximate surface area is 168 Å². The molecule has 29 heavy (non-hydrogen) atoms. The van der Waals surface area contributed by atoms with Gasteiger partial charge in [-0.3, -0.25) is 14.4 Å². The van der Waals surface area contributed by atoms with Crippen molar-refractivity contribution >= 4 is 29.1 Å². The first-order valence-electron chi connectivity index (χ1n) is 9.68. The molecule has 1 saturated heterocycles. The predicted molar refractivity (Wildman–Crippen MR) is 108 cm³/mol. The Morgan fingerprint density at radius 2 is 1.69 bits per heavy atom. The number of ether oxygens (including phenoxy) is 1. The second-order valence-corrected chi connectivity index (χ2v) is 7.75. The topological polar surface area (TPSA) is 75.7 Å². The summed E-state index contributed by atoms with van der Waals surface area (Å²) in [7, 11) is 1.56. The summed E-state index contributed by atoms with van der Waals surface area (Å²) in [5.74, 6) is -0.180. The average Bonchev–Trinajstić information content (AvgIpc) is 3.42. The van der Waals surface area contributed by atoms with Gasteiger partial charge in [-0.1, -0.05) is 24.3 Å². The molecule has 0 spiro atoms. The lowest BCUT2D eigenvalue weighted by molar-refractivity contribution is -0.123. The summed E-state index contributed by atoms with van der Waals surface area (Å²) in [5.41, 5.74) is 1.43. The maximum atomic E-state index is 13.0. The van der Waals surface area contributed by atoms with Crippen LogP contribution in [0.4, 0.5) is 11.4 Å². The molecular weight excluding hydrogens is 368 g/mol. The van der Waals surface area contributed by atoms with Crippen LogP contribution in [0.15, 0.2) is 60.7 Å². The lowest BCUT2D eigenvalue weighted by atomic mass is 9.85. The molecule has 0 aromatic heterocycles. The number of fused-ring (bicyclic) bond motifs is 5. The number of anilines is 2. The van der Waals surface area contributed by atoms with Crippen LogP contribution in [0.5, 0.6) is 5.75 Å². The maximum absolute atomic E-state index is 13.0. The third-order valence-electron chi connectivity index (χ3n) is 6.16. The van der Waals surface area contributed by atoms with Crippen LogP contribution in [0.3, 0.4) is 0 Å². The van der Waals surface area contributed by atoms with Crippen molar-refractivity contribution in [2.45, 2.75) is 6.42 Å². The number of carbonyl (C=O) groups excluding carboxylic acids is 3. The third kappa shape index (κ3) is 2.75. The summed E-state index contributed by atoms with van der Waals surface area (Å²) in [4.78, 5) is 39.9. The molecule has 3 aliphatic rings. The molecule has 1 N–H and O–H groups in total. The highest BCUT2D eigenvalue weighted by molar-refractivity contribution is 6.23. The van der Waals surface area contributed by atoms with Crippen LogP contribution in [0.2, 0.25) is 0 Å². The molecule has 5 rings (SSSR count). The van der Waals surface area contributed by atoms with Gasteiger partial charge in [-0.25, -0.2) is 4.90 Å². The maximum Gasteiger partial charge on any atom is 0.255 e. The number of methoxy groups -OCH3 is 1. The Balaban J connectivity index is 1.39. The number of carbonyl (C=O) groups is 3. The van der Waals surface area contributed by atoms with Gasteiger partial charge in [0.1, 0.15) is 5.75 Å². The molecular formula is C23H20N2O4. The van der Waals surface area contributed by atoms with E-state index in [-0.39, 0.29) is 41.4 Å². The lowest BCUT2D eigenvalue weighted by Gasteiger charge is -2.18. The molecule has 3 amide bonds. The predicted octanol–water partition coefficient (Wildman–Crippen LogP) is 3.26. The smallest absolute Gasteiger partial charge is 0.255 e. The van der Waals surface area contributed by atoms with Gasteiger partial charge in [-0.15, -0.1) is 0 Å². The average molecular weight is 388 g/mol. The lowest BCUT2D eigenvalue weighted by Crippen LogP contribution is -2.33. The molecule has 6 nitrogen and oxygen atoms in total. The van der Waals surface area contributed by atoms with Gasteiger partial charge in [-0.05, 0) is 48.6 Å². The standard InChI is InChI=1S/C23H20N2O4/c1-29-18-7-3-5-16(12-18)24-21(26)15-4-2-6-17(11-15)25-22(27)19-13-8-9-14(10-13)20(19)23(25)28/h2-9,11-14,19-20H,10H2,1H3,(H,24,26)/t13-,14+,19-,20-/m0/s1. The summed E-state index contributed by atoms with van der Waals surface area (Å²) in [5, 5.41) is 2.82. The number of nitrogens with one attached hydrogen (secondary N) is 1. The van der Waals surface area contributed by atoms with E-state index in [4.69, 9.17) is 4.74 Å². The number of imide groups is 1. The molecule has 4 atom stereocenters. The van der Waals surface area contributed by atoms with Crippen molar-refractivity contribution in [1.82, 2.24) is 0 Å². The van der Waals surface area contributed by atoms with Gasteiger partial charge < -0.3 is 10.1 Å². The van der Waals surface area contributed by atoms with Crippen molar-refractivity contribution in [3.63, 3.8) is 0 Å². The van der Waals surface area contributed by atoms with Crippen LogP contribution in [-0.4, -0.2) is 24.8 Å². The van der Waals surface area contributed by atoms with Gasteiger partial charge in [0, 0.05) is 17.3 Å². The van der Waals surface area contributed by atoms with Gasteiger partial charge in [0.2, 0.25) is 11.8 Å². The van der Waals surface area contributed by atoms with E-state index in [0.717, 1.165) is 6.42 Å². The molecule has 2 aromatic carbocycles. The highest BCUT2D eigenvalue weighted by Gasteiger charge is 2.59. The molecule has 1 heterocycles. The zero-order valence-corrected chi connectivity index (χ0v) is 15.9. The number of hydrogen-bond donors (Lipinski definition) is 1. The van der Waals surface area contributed by atoms with Crippen molar-refractivity contribution in [3.05, 3.63) is 66.2 Å². The van der Waals surface area contributed by atoms with Gasteiger partial charge >= 0.3 is 0 Å². The molecule has 0 radical (unpaired) electrons. The molecule has 1 saturated carbocycles. The summed E-state index contributed by atoms with van der Waals surface area (Å²) in [6.45, 7) is 0. The largest absolute Gasteiger partial charge is 0.497 e. The molecule has 2 bridgehead atoms. The van der Waals surface area contributed by atoms with Crippen molar-refractivity contribution in [1.29, 1.82) is 0 Å². The number of amides is 3. The SMILES string of the molecule is COc1cccc(NC(=O)c2cccc(N3C(=O)[C@@H]4[C@@H](C3=O)[C@H]3C=C[C@@H]4C3)c2)c1. The van der Waals surface area contributed by atoms with E-state index in [1.54, 1.807) is 55.6 Å². The van der Waals surface area contributed by atoms with Crippen LogP contribution < -0.4 is 15.0 Å². The Bertz CT molecular complexity index is 1030. The minimum absolute atomic E-state index is 0.151. The van der Waals surface area contributed by atoms with Crippen LogP contribution in [-0.2, 0) is 9.59 Å². The van der Waals surface area contributed by atoms with E-state index in [1.807, 2.05) is 0 Å². The number of rotatable bonds is 4. The first-order valence-corrected chi connectivity index (χ1v) is 9.68. The highest BCUT2D eigenvalue weighted by atomic mass is 16.5. The Morgan fingerprint density at radius 1 is 1.00 bits per heavy atom. The van der Waals surface area contributed by atoms with E-state index in [2.05, 4.69) is 17.5 Å².